The minimum absolute atomic E-state index is 0.200. The Hall–Kier alpha value is -1.39. The van der Waals surface area contributed by atoms with Crippen LogP contribution in [0, 0.1) is 5.82 Å². The summed E-state index contributed by atoms with van der Waals surface area (Å²) in [5.74, 6) is -0.237. The monoisotopic (exact) mass is 240 g/mol. The maximum atomic E-state index is 13.5. The fourth-order valence-corrected chi connectivity index (χ4v) is 1.63. The summed E-state index contributed by atoms with van der Waals surface area (Å²) in [6, 6.07) is 4.46. The summed E-state index contributed by atoms with van der Waals surface area (Å²) in [6.45, 7) is 0.565. The van der Waals surface area contributed by atoms with Gasteiger partial charge in [-0.2, -0.15) is 0 Å². The summed E-state index contributed by atoms with van der Waals surface area (Å²) < 4.78 is 18.7. The van der Waals surface area contributed by atoms with Crippen molar-refractivity contribution in [3.8, 4) is 11.5 Å². The molecule has 1 heterocycles. The minimum Gasteiger partial charge on any atom is -0.444 e. The Morgan fingerprint density at radius 3 is 3.00 bits per heavy atom. The Bertz CT molecular complexity index is 478. The third-order valence-corrected chi connectivity index (χ3v) is 2.40. The number of nitrogens with one attached hydrogen (secondary N) is 1. The molecule has 0 aliphatic carbocycles. The van der Waals surface area contributed by atoms with Crippen molar-refractivity contribution in [2.75, 3.05) is 7.05 Å². The summed E-state index contributed by atoms with van der Waals surface area (Å²) in [4.78, 5) is 4.14. The first-order chi connectivity index (χ1) is 7.72. The molecule has 0 bridgehead atoms. The molecule has 0 unspecified atom stereocenters. The lowest BCUT2D eigenvalue weighted by Crippen LogP contribution is -2.04. The summed E-state index contributed by atoms with van der Waals surface area (Å²) in [6.07, 6.45) is 1.48. The largest absolute Gasteiger partial charge is 0.444 e. The highest BCUT2D eigenvalue weighted by Gasteiger charge is 2.14. The van der Waals surface area contributed by atoms with Crippen LogP contribution in [0.5, 0.6) is 0 Å². The number of rotatable bonds is 3. The van der Waals surface area contributed by atoms with Crippen LogP contribution in [0.3, 0.4) is 0 Å². The molecule has 0 radical (unpaired) electrons. The Morgan fingerprint density at radius 1 is 1.50 bits per heavy atom. The van der Waals surface area contributed by atoms with Crippen LogP contribution in [0.2, 0.25) is 5.02 Å². The van der Waals surface area contributed by atoms with Crippen LogP contribution in [0.15, 0.2) is 28.9 Å². The van der Waals surface area contributed by atoms with E-state index in [-0.39, 0.29) is 16.5 Å². The highest BCUT2D eigenvalue weighted by atomic mass is 35.5. The van der Waals surface area contributed by atoms with Gasteiger partial charge in [-0.05, 0) is 19.2 Å². The smallest absolute Gasteiger partial charge is 0.230 e. The average molecular weight is 241 g/mol. The van der Waals surface area contributed by atoms with E-state index in [1.54, 1.807) is 19.2 Å². The van der Waals surface area contributed by atoms with E-state index in [1.165, 1.54) is 12.3 Å². The molecule has 0 amide bonds. The second-order valence-corrected chi connectivity index (χ2v) is 3.68. The number of benzene rings is 1. The maximum Gasteiger partial charge on any atom is 0.230 e. The lowest BCUT2D eigenvalue weighted by Gasteiger charge is -2.00. The van der Waals surface area contributed by atoms with E-state index in [1.807, 2.05) is 0 Å². The molecule has 1 N–H and O–H groups in total. The van der Waals surface area contributed by atoms with Gasteiger partial charge in [0.05, 0.1) is 16.3 Å². The maximum absolute atomic E-state index is 13.5. The normalized spacial score (nSPS) is 10.7. The number of hydrogen-bond acceptors (Lipinski definition) is 3. The number of halogens is 2. The topological polar surface area (TPSA) is 38.1 Å². The van der Waals surface area contributed by atoms with Gasteiger partial charge < -0.3 is 9.73 Å². The van der Waals surface area contributed by atoms with Crippen molar-refractivity contribution in [1.82, 2.24) is 10.3 Å². The summed E-state index contributed by atoms with van der Waals surface area (Å²) in [5, 5.41) is 3.22. The molecule has 5 heteroatoms. The van der Waals surface area contributed by atoms with Gasteiger partial charge in [-0.1, -0.05) is 17.7 Å². The van der Waals surface area contributed by atoms with E-state index < -0.39 is 5.82 Å². The first kappa shape index (κ1) is 11.1. The molecule has 0 fully saturated rings. The zero-order chi connectivity index (χ0) is 11.5. The van der Waals surface area contributed by atoms with Gasteiger partial charge in [-0.15, -0.1) is 0 Å². The van der Waals surface area contributed by atoms with Crippen LogP contribution in [0.1, 0.15) is 5.69 Å². The average Bonchev–Trinajstić information content (AvgIpc) is 2.67. The first-order valence-electron chi connectivity index (χ1n) is 4.75. The zero-order valence-electron chi connectivity index (χ0n) is 8.63. The fraction of sp³-hybridized carbons (Fsp3) is 0.182. The van der Waals surface area contributed by atoms with Crippen LogP contribution in [-0.4, -0.2) is 12.0 Å². The van der Waals surface area contributed by atoms with Crippen molar-refractivity contribution >= 4 is 11.6 Å². The van der Waals surface area contributed by atoms with Crippen LogP contribution in [0.25, 0.3) is 11.5 Å². The minimum atomic E-state index is -0.439. The molecule has 2 rings (SSSR count). The van der Waals surface area contributed by atoms with Crippen molar-refractivity contribution in [2.45, 2.75) is 6.54 Å². The summed E-state index contributed by atoms with van der Waals surface area (Å²) in [5.41, 5.74) is 0.906. The SMILES string of the molecule is CNCc1coc(-c2c(F)cccc2Cl)n1. The number of aromatic nitrogens is 1. The molecule has 1 aromatic heterocycles. The molecule has 3 nitrogen and oxygen atoms in total. The lowest BCUT2D eigenvalue weighted by molar-refractivity contribution is 0.560. The summed E-state index contributed by atoms with van der Waals surface area (Å²) >= 11 is 5.89. The Labute approximate surface area is 97.3 Å². The highest BCUT2D eigenvalue weighted by Crippen LogP contribution is 2.29. The third-order valence-electron chi connectivity index (χ3n) is 2.09. The Morgan fingerprint density at radius 2 is 2.31 bits per heavy atom. The molecular weight excluding hydrogens is 231 g/mol. The standard InChI is InChI=1S/C11H10ClFN2O/c1-14-5-7-6-16-11(15-7)10-8(12)3-2-4-9(10)13/h2-4,6,14H,5H2,1H3. The van der Waals surface area contributed by atoms with Crippen LogP contribution >= 0.6 is 11.6 Å². The van der Waals surface area contributed by atoms with Crippen LogP contribution < -0.4 is 5.32 Å². The van der Waals surface area contributed by atoms with Crippen molar-refractivity contribution in [2.24, 2.45) is 0 Å². The van der Waals surface area contributed by atoms with E-state index in [0.29, 0.717) is 12.2 Å². The third kappa shape index (κ3) is 2.08. The number of hydrogen-bond donors (Lipinski definition) is 1. The quantitative estimate of drug-likeness (QED) is 0.897. The van der Waals surface area contributed by atoms with Gasteiger partial charge in [0, 0.05) is 6.54 Å². The van der Waals surface area contributed by atoms with Gasteiger partial charge in [-0.3, -0.25) is 0 Å². The molecule has 0 atom stereocenters. The van der Waals surface area contributed by atoms with E-state index in [0.717, 1.165) is 0 Å². The van der Waals surface area contributed by atoms with Crippen molar-refractivity contribution in [1.29, 1.82) is 0 Å². The Balaban J connectivity index is 2.42. The van der Waals surface area contributed by atoms with Crippen molar-refractivity contribution in [3.63, 3.8) is 0 Å². The second kappa shape index (κ2) is 4.63. The van der Waals surface area contributed by atoms with Gasteiger partial charge in [0.2, 0.25) is 5.89 Å². The number of oxazole rings is 1. The summed E-state index contributed by atoms with van der Waals surface area (Å²) in [7, 11) is 1.80. The molecule has 16 heavy (non-hydrogen) atoms. The molecule has 84 valence electrons. The van der Waals surface area contributed by atoms with Gasteiger partial charge in [0.1, 0.15) is 12.1 Å². The van der Waals surface area contributed by atoms with Crippen LogP contribution in [0.4, 0.5) is 4.39 Å². The van der Waals surface area contributed by atoms with Crippen molar-refractivity contribution < 1.29 is 8.81 Å². The second-order valence-electron chi connectivity index (χ2n) is 3.27. The molecule has 0 saturated heterocycles. The molecule has 2 aromatic rings. The van der Waals surface area contributed by atoms with E-state index in [9.17, 15) is 4.39 Å². The predicted octanol–water partition coefficient (Wildman–Crippen LogP) is 2.85. The van der Waals surface area contributed by atoms with E-state index in [2.05, 4.69) is 10.3 Å². The lowest BCUT2D eigenvalue weighted by atomic mass is 10.2. The van der Waals surface area contributed by atoms with Gasteiger partial charge in [-0.25, -0.2) is 9.37 Å². The molecule has 0 aliphatic heterocycles. The fourth-order valence-electron chi connectivity index (χ4n) is 1.39. The van der Waals surface area contributed by atoms with E-state index >= 15 is 0 Å². The highest BCUT2D eigenvalue weighted by molar-refractivity contribution is 6.33. The van der Waals surface area contributed by atoms with Crippen molar-refractivity contribution in [3.05, 3.63) is 41.0 Å². The molecular formula is C11H10ClFN2O. The number of nitrogens with zero attached hydrogens (tertiary/aromatic N) is 1. The Kier molecular flexibility index (Phi) is 3.22. The molecule has 0 saturated carbocycles. The molecule has 1 aromatic carbocycles. The van der Waals surface area contributed by atoms with Gasteiger partial charge >= 0.3 is 0 Å². The zero-order valence-corrected chi connectivity index (χ0v) is 9.38. The molecule has 0 aliphatic rings. The van der Waals surface area contributed by atoms with Gasteiger partial charge in [0.15, 0.2) is 0 Å². The molecule has 0 spiro atoms. The first-order valence-corrected chi connectivity index (χ1v) is 5.13. The van der Waals surface area contributed by atoms with Gasteiger partial charge in [0.25, 0.3) is 0 Å². The predicted molar refractivity (Wildman–Crippen MR) is 59.7 cm³/mol. The van der Waals surface area contributed by atoms with E-state index in [4.69, 9.17) is 16.0 Å². The van der Waals surface area contributed by atoms with Crippen LogP contribution in [-0.2, 0) is 6.54 Å².